The number of thiophene rings is 4. The highest BCUT2D eigenvalue weighted by molar-refractivity contribution is 7.22. The maximum absolute atomic E-state index is 12.7. The van der Waals surface area contributed by atoms with Gasteiger partial charge in [0.25, 0.3) is 0 Å². The van der Waals surface area contributed by atoms with Crippen molar-refractivity contribution in [3.63, 3.8) is 0 Å². The molecule has 4 aromatic carbocycles. The number of phenols is 1. The van der Waals surface area contributed by atoms with Crippen LogP contribution in [0.2, 0.25) is 0 Å². The van der Waals surface area contributed by atoms with E-state index < -0.39 is 29.7 Å². The summed E-state index contributed by atoms with van der Waals surface area (Å²) in [6.07, 6.45) is 1.74. The molecular formula is C62H66O19S4. The second kappa shape index (κ2) is 32.4. The van der Waals surface area contributed by atoms with E-state index in [9.17, 15) is 43.5 Å². The maximum Gasteiger partial charge on any atom is 0.308 e. The Morgan fingerprint density at radius 1 is 0.424 bits per heavy atom. The number of aliphatic hydroxyl groups is 1. The number of carbonyl (C=O) groups is 8. The Bertz CT molecular complexity index is 3660. The Labute approximate surface area is 506 Å². The van der Waals surface area contributed by atoms with Crippen LogP contribution in [0.15, 0.2) is 84.9 Å². The number of esters is 4. The Balaban J connectivity index is 0.000000227. The molecular weight excluding hydrogens is 1180 g/mol. The predicted molar refractivity (Wildman–Crippen MR) is 326 cm³/mol. The third-order valence-electron chi connectivity index (χ3n) is 12.8. The summed E-state index contributed by atoms with van der Waals surface area (Å²) in [5.74, 6) is 0.177. The number of hydrogen-bond acceptors (Lipinski definition) is 23. The molecule has 85 heavy (non-hydrogen) atoms. The topological polar surface area (TPSA) is 260 Å². The minimum Gasteiger partial charge on any atom is -0.508 e. The molecule has 0 bridgehead atoms. The number of hydrogen-bond donors (Lipinski definition) is 2. The van der Waals surface area contributed by atoms with E-state index in [1.54, 1.807) is 64.5 Å². The van der Waals surface area contributed by atoms with Crippen LogP contribution in [0.3, 0.4) is 0 Å². The molecule has 0 aliphatic heterocycles. The maximum atomic E-state index is 12.7. The number of aromatic hydroxyl groups is 1. The molecule has 0 amide bonds. The van der Waals surface area contributed by atoms with Gasteiger partial charge in [0.2, 0.25) is 0 Å². The summed E-state index contributed by atoms with van der Waals surface area (Å²) in [6.45, 7) is 4.58. The number of carbonyl (C=O) groups excluding carboxylic acids is 8. The number of fused-ring (bicyclic) bond motifs is 4. The molecule has 8 aromatic rings. The molecule has 0 aliphatic carbocycles. The van der Waals surface area contributed by atoms with Crippen molar-refractivity contribution in [2.45, 2.75) is 65.2 Å². The van der Waals surface area contributed by atoms with Crippen molar-refractivity contribution in [3.8, 4) is 34.5 Å². The molecule has 0 saturated heterocycles. The SMILES string of the molecule is COC(=O)CCC(=O)c1cc2ccc(O)cc2s1.COC(=O)CCC(=O)c1cc2ccc(OCCCOc3cc4cc(C(=O)C[C@H](C)C(=O)OC)sc4cc3OC)cc2s1.COC(=O)[C@@H](C)CC(=O)c1cc2cc(OCCCO)c(OC)cc2s1. The lowest BCUT2D eigenvalue weighted by molar-refractivity contribution is -0.145. The number of rotatable bonds is 28. The highest BCUT2D eigenvalue weighted by Crippen LogP contribution is 2.39. The van der Waals surface area contributed by atoms with E-state index in [1.807, 2.05) is 48.5 Å². The molecule has 4 aromatic heterocycles. The van der Waals surface area contributed by atoms with Crippen molar-refractivity contribution in [2.75, 3.05) is 69.1 Å². The van der Waals surface area contributed by atoms with Gasteiger partial charge in [0.1, 0.15) is 11.5 Å². The van der Waals surface area contributed by atoms with Crippen molar-refractivity contribution < 1.29 is 91.2 Å². The van der Waals surface area contributed by atoms with Gasteiger partial charge in [0.15, 0.2) is 46.1 Å². The van der Waals surface area contributed by atoms with Crippen LogP contribution in [-0.4, -0.2) is 126 Å². The van der Waals surface area contributed by atoms with E-state index in [-0.39, 0.29) is 80.0 Å². The van der Waals surface area contributed by atoms with Gasteiger partial charge in [-0.3, -0.25) is 38.4 Å². The van der Waals surface area contributed by atoms with E-state index in [0.717, 1.165) is 40.3 Å². The molecule has 8 rings (SSSR count). The van der Waals surface area contributed by atoms with Crippen LogP contribution >= 0.6 is 45.3 Å². The fraction of sp³-hybridized carbons (Fsp3) is 0.355. The molecule has 0 aliphatic rings. The number of benzene rings is 4. The largest absolute Gasteiger partial charge is 0.508 e. The van der Waals surface area contributed by atoms with Gasteiger partial charge >= 0.3 is 23.9 Å². The molecule has 19 nitrogen and oxygen atoms in total. The van der Waals surface area contributed by atoms with Gasteiger partial charge in [-0.2, -0.15) is 0 Å². The number of Topliss-reactive ketones (excluding diaryl/α,β-unsaturated/α-hetero) is 4. The average Bonchev–Trinajstić information content (AvgIpc) is 4.32. The molecule has 0 spiro atoms. The first-order valence-electron chi connectivity index (χ1n) is 26.7. The molecule has 2 N–H and O–H groups in total. The lowest BCUT2D eigenvalue weighted by atomic mass is 10.0. The van der Waals surface area contributed by atoms with Gasteiger partial charge in [0, 0.05) is 76.1 Å². The Morgan fingerprint density at radius 2 is 0.824 bits per heavy atom. The third-order valence-corrected chi connectivity index (χ3v) is 17.4. The summed E-state index contributed by atoms with van der Waals surface area (Å²) < 4.78 is 50.4. The molecule has 23 heteroatoms. The van der Waals surface area contributed by atoms with Crippen LogP contribution in [0, 0.1) is 11.8 Å². The fourth-order valence-corrected chi connectivity index (χ4v) is 12.4. The predicted octanol–water partition coefficient (Wildman–Crippen LogP) is 12.3. The van der Waals surface area contributed by atoms with Crippen LogP contribution < -0.4 is 23.7 Å². The number of ketones is 4. The highest BCUT2D eigenvalue weighted by Gasteiger charge is 2.23. The average molecular weight is 1240 g/mol. The van der Waals surface area contributed by atoms with Crippen LogP contribution in [-0.2, 0) is 38.1 Å². The normalized spacial score (nSPS) is 11.5. The van der Waals surface area contributed by atoms with Crippen LogP contribution in [0.1, 0.15) is 104 Å². The van der Waals surface area contributed by atoms with Crippen molar-refractivity contribution >= 4 is 133 Å². The summed E-state index contributed by atoms with van der Waals surface area (Å²) in [7, 11) is 8.35. The van der Waals surface area contributed by atoms with Crippen molar-refractivity contribution in [3.05, 3.63) is 104 Å². The number of ether oxygens (including phenoxy) is 9. The summed E-state index contributed by atoms with van der Waals surface area (Å²) in [4.78, 5) is 97.2. The Morgan fingerprint density at radius 3 is 1.26 bits per heavy atom. The van der Waals surface area contributed by atoms with E-state index in [2.05, 4.69) is 14.2 Å². The van der Waals surface area contributed by atoms with Gasteiger partial charge in [-0.15, -0.1) is 45.3 Å². The third kappa shape index (κ3) is 18.8. The quantitative estimate of drug-likeness (QED) is 0.0200. The van der Waals surface area contributed by atoms with Gasteiger partial charge in [-0.05, 0) is 94.3 Å². The summed E-state index contributed by atoms with van der Waals surface area (Å²) in [5.41, 5.74) is 0. The number of methoxy groups -OCH3 is 6. The molecule has 452 valence electrons. The van der Waals surface area contributed by atoms with E-state index >= 15 is 0 Å². The van der Waals surface area contributed by atoms with Gasteiger partial charge in [0.05, 0.1) is 107 Å². The molecule has 0 unspecified atom stereocenters. The van der Waals surface area contributed by atoms with Crippen molar-refractivity contribution in [1.82, 2.24) is 0 Å². The van der Waals surface area contributed by atoms with Crippen LogP contribution in [0.25, 0.3) is 40.3 Å². The first-order valence-corrected chi connectivity index (χ1v) is 30.0. The van der Waals surface area contributed by atoms with Gasteiger partial charge in [-0.1, -0.05) is 13.8 Å². The minimum atomic E-state index is -0.512. The van der Waals surface area contributed by atoms with E-state index in [0.29, 0.717) is 80.9 Å². The summed E-state index contributed by atoms with van der Waals surface area (Å²) in [6, 6.07) is 25.2. The summed E-state index contributed by atoms with van der Waals surface area (Å²) >= 11 is 5.39. The summed E-state index contributed by atoms with van der Waals surface area (Å²) in [5, 5.41) is 21.8. The van der Waals surface area contributed by atoms with E-state index in [1.165, 1.54) is 73.8 Å². The first-order chi connectivity index (χ1) is 40.8. The second-order valence-electron chi connectivity index (χ2n) is 19.0. The zero-order valence-corrected chi connectivity index (χ0v) is 51.5. The number of aliphatic hydroxyl groups excluding tert-OH is 1. The second-order valence-corrected chi connectivity index (χ2v) is 23.4. The molecule has 2 atom stereocenters. The first kappa shape index (κ1) is 66.2. The van der Waals surface area contributed by atoms with Crippen LogP contribution in [0.4, 0.5) is 0 Å². The highest BCUT2D eigenvalue weighted by atomic mass is 32.1. The molecule has 0 fully saturated rings. The van der Waals surface area contributed by atoms with Crippen molar-refractivity contribution in [1.29, 1.82) is 0 Å². The number of phenolic OH excluding ortho intramolecular Hbond substituents is 1. The zero-order valence-electron chi connectivity index (χ0n) is 48.2. The monoisotopic (exact) mass is 1240 g/mol. The lowest BCUT2D eigenvalue weighted by Crippen LogP contribution is -2.16. The van der Waals surface area contributed by atoms with E-state index in [4.69, 9.17) is 33.5 Å². The molecule has 4 heterocycles. The smallest absolute Gasteiger partial charge is 0.308 e. The van der Waals surface area contributed by atoms with Crippen LogP contribution in [0.5, 0.6) is 34.5 Å². The molecule has 0 saturated carbocycles. The van der Waals surface area contributed by atoms with Gasteiger partial charge < -0.3 is 52.8 Å². The standard InChI is InChI=1S/C31H32O9S2.C18H22O6S.C13H12O4S/c1-18(31(35)38-4)12-23(33)29-15-20-13-25(24(36-2)17-27(20)42-29)40-11-5-10-39-21-7-6-19-14-28(41-26(19)16-21)22(32)8-9-30(34)37-3;1-11(18(21)23-3)7-13(20)17-9-12-8-15(24-6-4-5-19)14(22-2)10-16(12)25-17;1-17-13(16)5-4-10(15)12-6-8-2-3-9(14)7-11(8)18-12/h6-7,13-18H,5,8-12H2,1-4H3;8-11,19H,4-7H2,1-3H3;2-3,6-7,14H,4-5H2,1H3/t18-;11-;/m00./s1. The van der Waals surface area contributed by atoms with Crippen molar-refractivity contribution in [2.24, 2.45) is 11.8 Å². The zero-order chi connectivity index (χ0) is 61.7. The Hall–Kier alpha value is -7.96. The fourth-order valence-electron chi connectivity index (χ4n) is 8.20. The lowest BCUT2D eigenvalue weighted by Gasteiger charge is -2.11. The molecule has 0 radical (unpaired) electrons. The Kier molecular flexibility index (Phi) is 25.2. The minimum absolute atomic E-state index is 0.0556. The van der Waals surface area contributed by atoms with Gasteiger partial charge in [-0.25, -0.2) is 0 Å².